The Labute approximate surface area is 117 Å². The van der Waals surface area contributed by atoms with E-state index in [1.807, 2.05) is 23.9 Å². The molecule has 5 heteroatoms. The first kappa shape index (κ1) is 12.8. The second-order valence-electron chi connectivity index (χ2n) is 4.71. The molecule has 0 aliphatic carbocycles. The minimum Gasteiger partial charge on any atom is -0.379 e. The number of ether oxygens (including phenoxy) is 1. The lowest BCUT2D eigenvalue weighted by molar-refractivity contribution is 0.0405. The highest BCUT2D eigenvalue weighted by molar-refractivity contribution is 7.10. The first-order chi connectivity index (χ1) is 9.38. The molecule has 0 amide bonds. The molecule has 2 aliphatic heterocycles. The molecule has 0 unspecified atom stereocenters. The minimum absolute atomic E-state index is 0.924. The zero-order valence-corrected chi connectivity index (χ0v) is 12.0. The van der Waals surface area contributed by atoms with Crippen molar-refractivity contribution in [1.29, 1.82) is 0 Å². The number of imidazole rings is 1. The SMILES string of the molecule is CCN1CCOCC1.c1cc2c(s1)Cn1cncc1-2. The van der Waals surface area contributed by atoms with Gasteiger partial charge in [0.2, 0.25) is 0 Å². The van der Waals surface area contributed by atoms with E-state index < -0.39 is 0 Å². The second-order valence-corrected chi connectivity index (χ2v) is 5.71. The van der Waals surface area contributed by atoms with Crippen LogP contribution >= 0.6 is 11.3 Å². The number of likely N-dealkylation sites (N-methyl/N-ethyl adjacent to an activating group) is 1. The summed E-state index contributed by atoms with van der Waals surface area (Å²) in [6.07, 6.45) is 3.82. The molecule has 0 spiro atoms. The topological polar surface area (TPSA) is 30.3 Å². The van der Waals surface area contributed by atoms with E-state index in [4.69, 9.17) is 4.74 Å². The number of morpholine rings is 1. The lowest BCUT2D eigenvalue weighted by atomic mass is 10.2. The molecular formula is C14H19N3OS. The highest BCUT2D eigenvalue weighted by Gasteiger charge is 2.18. The van der Waals surface area contributed by atoms with Crippen LogP contribution in [0, 0.1) is 0 Å². The molecule has 0 aromatic carbocycles. The van der Waals surface area contributed by atoms with Gasteiger partial charge in [0.25, 0.3) is 0 Å². The molecule has 2 aromatic rings. The van der Waals surface area contributed by atoms with E-state index in [0.717, 1.165) is 32.8 Å². The number of thiophene rings is 1. The molecule has 0 radical (unpaired) electrons. The predicted octanol–water partition coefficient (Wildman–Crippen LogP) is 2.31. The van der Waals surface area contributed by atoms with Crippen LogP contribution in [0.5, 0.6) is 0 Å². The molecule has 102 valence electrons. The summed E-state index contributed by atoms with van der Waals surface area (Å²) in [6.45, 7) is 8.46. The molecule has 1 fully saturated rings. The van der Waals surface area contributed by atoms with E-state index >= 15 is 0 Å². The van der Waals surface area contributed by atoms with Crippen molar-refractivity contribution in [1.82, 2.24) is 14.5 Å². The Morgan fingerprint density at radius 2 is 2.21 bits per heavy atom. The first-order valence-corrected chi connectivity index (χ1v) is 7.63. The zero-order valence-electron chi connectivity index (χ0n) is 11.2. The van der Waals surface area contributed by atoms with Gasteiger partial charge < -0.3 is 9.30 Å². The van der Waals surface area contributed by atoms with Crippen LogP contribution < -0.4 is 0 Å². The fourth-order valence-corrected chi connectivity index (χ4v) is 3.32. The largest absolute Gasteiger partial charge is 0.379 e. The molecular weight excluding hydrogens is 258 g/mol. The Kier molecular flexibility index (Phi) is 3.96. The summed E-state index contributed by atoms with van der Waals surface area (Å²) in [4.78, 5) is 7.94. The number of aromatic nitrogens is 2. The summed E-state index contributed by atoms with van der Waals surface area (Å²) in [6, 6.07) is 2.17. The van der Waals surface area contributed by atoms with E-state index in [9.17, 15) is 0 Å². The monoisotopic (exact) mass is 277 g/mol. The van der Waals surface area contributed by atoms with E-state index in [1.54, 1.807) is 0 Å². The van der Waals surface area contributed by atoms with Crippen LogP contribution in [0.15, 0.2) is 24.0 Å². The van der Waals surface area contributed by atoms with Crippen LogP contribution in [0.25, 0.3) is 11.3 Å². The van der Waals surface area contributed by atoms with Gasteiger partial charge in [-0.25, -0.2) is 4.98 Å². The van der Waals surface area contributed by atoms with Crippen LogP contribution in [0.1, 0.15) is 11.8 Å². The van der Waals surface area contributed by atoms with Crippen molar-refractivity contribution in [2.75, 3.05) is 32.8 Å². The molecule has 19 heavy (non-hydrogen) atoms. The lowest BCUT2D eigenvalue weighted by Gasteiger charge is -2.24. The van der Waals surface area contributed by atoms with Crippen molar-refractivity contribution in [3.8, 4) is 11.3 Å². The average Bonchev–Trinajstić information content (AvgIpc) is 3.13. The Morgan fingerprint density at radius 1 is 1.37 bits per heavy atom. The van der Waals surface area contributed by atoms with Gasteiger partial charge in [0.1, 0.15) is 0 Å². The number of hydrogen-bond donors (Lipinski definition) is 0. The summed E-state index contributed by atoms with van der Waals surface area (Å²) in [5.74, 6) is 0. The summed E-state index contributed by atoms with van der Waals surface area (Å²) >= 11 is 1.82. The van der Waals surface area contributed by atoms with Gasteiger partial charge in [-0.05, 0) is 18.0 Å². The third-order valence-corrected chi connectivity index (χ3v) is 4.50. The highest BCUT2D eigenvalue weighted by atomic mass is 32.1. The van der Waals surface area contributed by atoms with Gasteiger partial charge in [0.05, 0.1) is 38.0 Å². The molecule has 0 atom stereocenters. The number of fused-ring (bicyclic) bond motifs is 3. The molecule has 4 heterocycles. The summed E-state index contributed by atoms with van der Waals surface area (Å²) in [5, 5.41) is 2.14. The van der Waals surface area contributed by atoms with Gasteiger partial charge in [-0.2, -0.15) is 0 Å². The number of nitrogens with zero attached hydrogens (tertiary/aromatic N) is 3. The fourth-order valence-electron chi connectivity index (χ4n) is 2.43. The van der Waals surface area contributed by atoms with Gasteiger partial charge in [-0.3, -0.25) is 4.90 Å². The maximum absolute atomic E-state index is 5.16. The van der Waals surface area contributed by atoms with Crippen LogP contribution in [0.4, 0.5) is 0 Å². The highest BCUT2D eigenvalue weighted by Crippen LogP contribution is 2.34. The molecule has 0 bridgehead atoms. The lowest BCUT2D eigenvalue weighted by Crippen LogP contribution is -2.35. The quantitative estimate of drug-likeness (QED) is 0.684. The number of hydrogen-bond acceptors (Lipinski definition) is 4. The van der Waals surface area contributed by atoms with Gasteiger partial charge in [0, 0.05) is 23.5 Å². The van der Waals surface area contributed by atoms with Gasteiger partial charge in [-0.1, -0.05) is 6.92 Å². The Bertz CT molecular complexity index is 490. The van der Waals surface area contributed by atoms with Gasteiger partial charge >= 0.3 is 0 Å². The predicted molar refractivity (Wildman–Crippen MR) is 77.6 cm³/mol. The summed E-state index contributed by atoms with van der Waals surface area (Å²) < 4.78 is 7.34. The minimum atomic E-state index is 0.924. The van der Waals surface area contributed by atoms with Crippen LogP contribution in [-0.4, -0.2) is 47.3 Å². The fraction of sp³-hybridized carbons (Fsp3) is 0.500. The maximum Gasteiger partial charge on any atom is 0.0954 e. The van der Waals surface area contributed by atoms with Crippen LogP contribution in [0.3, 0.4) is 0 Å². The molecule has 4 rings (SSSR count). The van der Waals surface area contributed by atoms with Crippen molar-refractivity contribution in [3.05, 3.63) is 28.8 Å². The van der Waals surface area contributed by atoms with E-state index in [-0.39, 0.29) is 0 Å². The second kappa shape index (κ2) is 5.86. The maximum atomic E-state index is 5.16. The molecule has 2 aromatic heterocycles. The third-order valence-electron chi connectivity index (χ3n) is 3.60. The van der Waals surface area contributed by atoms with E-state index in [2.05, 4.69) is 32.8 Å². The number of rotatable bonds is 1. The molecule has 4 nitrogen and oxygen atoms in total. The first-order valence-electron chi connectivity index (χ1n) is 6.75. The smallest absolute Gasteiger partial charge is 0.0954 e. The normalized spacial score (nSPS) is 17.5. The van der Waals surface area contributed by atoms with Crippen molar-refractivity contribution in [2.45, 2.75) is 13.5 Å². The Hall–Kier alpha value is -1.17. The summed E-state index contributed by atoms with van der Waals surface area (Å²) in [5.41, 5.74) is 2.63. The molecule has 0 saturated carbocycles. The average molecular weight is 277 g/mol. The van der Waals surface area contributed by atoms with Crippen molar-refractivity contribution >= 4 is 11.3 Å². The van der Waals surface area contributed by atoms with Crippen LogP contribution in [-0.2, 0) is 11.3 Å². The van der Waals surface area contributed by atoms with Gasteiger partial charge in [0.15, 0.2) is 0 Å². The summed E-state index contributed by atoms with van der Waals surface area (Å²) in [7, 11) is 0. The van der Waals surface area contributed by atoms with Crippen molar-refractivity contribution < 1.29 is 4.74 Å². The third kappa shape index (κ3) is 2.73. The standard InChI is InChI=1S/C8H6N2S.C6H13NO/c1-2-11-8-4-10-5-9-3-7(10)6(1)8;1-2-7-3-5-8-6-4-7/h1-3,5H,4H2;2-6H2,1H3. The molecule has 2 aliphatic rings. The molecule has 1 saturated heterocycles. The zero-order chi connectivity index (χ0) is 13.1. The van der Waals surface area contributed by atoms with Crippen molar-refractivity contribution in [3.63, 3.8) is 0 Å². The van der Waals surface area contributed by atoms with E-state index in [0.29, 0.717) is 0 Å². The molecule has 0 N–H and O–H groups in total. The van der Waals surface area contributed by atoms with Crippen LogP contribution in [0.2, 0.25) is 0 Å². The Morgan fingerprint density at radius 3 is 2.95 bits per heavy atom. The van der Waals surface area contributed by atoms with Gasteiger partial charge in [-0.15, -0.1) is 11.3 Å². The van der Waals surface area contributed by atoms with E-state index in [1.165, 1.54) is 22.7 Å². The van der Waals surface area contributed by atoms with Crippen molar-refractivity contribution in [2.24, 2.45) is 0 Å². The Balaban J connectivity index is 0.000000123.